The highest BCUT2D eigenvalue weighted by Gasteiger charge is 2.26. The Morgan fingerprint density at radius 1 is 1.43 bits per heavy atom. The van der Waals surface area contributed by atoms with Crippen molar-refractivity contribution in [3.63, 3.8) is 0 Å². The van der Waals surface area contributed by atoms with E-state index in [9.17, 15) is 14.0 Å². The number of fused-ring (bicyclic) bond motifs is 3. The summed E-state index contributed by atoms with van der Waals surface area (Å²) in [5, 5.41) is 3.48. The number of carbonyl (C=O) groups is 1. The lowest BCUT2D eigenvalue weighted by atomic mass is 9.89. The van der Waals surface area contributed by atoms with Crippen LogP contribution in [-0.4, -0.2) is 28.3 Å². The molecule has 5 nitrogen and oxygen atoms in total. The van der Waals surface area contributed by atoms with Crippen LogP contribution in [0.2, 0.25) is 0 Å². The minimum atomic E-state index is -0.495. The van der Waals surface area contributed by atoms with Gasteiger partial charge in [-0.1, -0.05) is 30.8 Å². The van der Waals surface area contributed by atoms with Crippen molar-refractivity contribution in [2.45, 2.75) is 31.3 Å². The minimum absolute atomic E-state index is 0.102. The molecule has 0 bridgehead atoms. The Balaban J connectivity index is 1.95. The van der Waals surface area contributed by atoms with Gasteiger partial charge in [-0.3, -0.25) is 14.2 Å². The first-order chi connectivity index (χ1) is 13.5. The fourth-order valence-corrected chi connectivity index (χ4v) is 5.82. The van der Waals surface area contributed by atoms with Gasteiger partial charge in [0.2, 0.25) is 5.91 Å². The van der Waals surface area contributed by atoms with E-state index < -0.39 is 5.82 Å². The van der Waals surface area contributed by atoms with Crippen LogP contribution in [0.4, 0.5) is 4.39 Å². The third kappa shape index (κ3) is 3.35. The van der Waals surface area contributed by atoms with Crippen molar-refractivity contribution in [2.75, 3.05) is 12.8 Å². The van der Waals surface area contributed by atoms with E-state index in [1.807, 2.05) is 0 Å². The minimum Gasteiger partial charge on any atom is -0.358 e. The Labute approximate surface area is 170 Å². The highest BCUT2D eigenvalue weighted by Crippen LogP contribution is 2.37. The van der Waals surface area contributed by atoms with E-state index in [1.54, 1.807) is 36.6 Å². The van der Waals surface area contributed by atoms with Crippen LogP contribution >= 0.6 is 23.1 Å². The first kappa shape index (κ1) is 19.1. The molecule has 8 heteroatoms. The van der Waals surface area contributed by atoms with E-state index in [2.05, 4.69) is 17.2 Å². The zero-order chi connectivity index (χ0) is 19.8. The lowest BCUT2D eigenvalue weighted by Gasteiger charge is -2.18. The van der Waals surface area contributed by atoms with Gasteiger partial charge in [0.25, 0.3) is 5.56 Å². The molecule has 1 atom stereocenters. The average Bonchev–Trinajstić information content (AvgIpc) is 3.04. The summed E-state index contributed by atoms with van der Waals surface area (Å²) in [5.74, 6) is 0.00539. The smallest absolute Gasteiger partial charge is 0.267 e. The van der Waals surface area contributed by atoms with Crippen LogP contribution in [0.1, 0.15) is 23.8 Å². The first-order valence-electron chi connectivity index (χ1n) is 9.15. The summed E-state index contributed by atoms with van der Waals surface area (Å²) in [5.41, 5.74) is 0.954. The van der Waals surface area contributed by atoms with Crippen molar-refractivity contribution in [2.24, 2.45) is 5.92 Å². The Bertz CT molecular complexity index is 1120. The van der Waals surface area contributed by atoms with E-state index in [-0.39, 0.29) is 22.9 Å². The predicted molar refractivity (Wildman–Crippen MR) is 111 cm³/mol. The maximum Gasteiger partial charge on any atom is 0.267 e. The number of thioether (sulfide) groups is 1. The summed E-state index contributed by atoms with van der Waals surface area (Å²) in [4.78, 5) is 31.8. The molecule has 0 spiro atoms. The average molecular weight is 418 g/mol. The molecule has 28 heavy (non-hydrogen) atoms. The number of nitrogens with zero attached hydrogens (tertiary/aromatic N) is 2. The van der Waals surface area contributed by atoms with Crippen LogP contribution in [0.25, 0.3) is 15.9 Å². The van der Waals surface area contributed by atoms with E-state index in [0.29, 0.717) is 21.3 Å². The van der Waals surface area contributed by atoms with Gasteiger partial charge in [0.15, 0.2) is 5.16 Å². The third-order valence-electron chi connectivity index (χ3n) is 5.00. The van der Waals surface area contributed by atoms with E-state index in [0.717, 1.165) is 36.6 Å². The molecule has 1 aliphatic carbocycles. The second kappa shape index (κ2) is 7.67. The van der Waals surface area contributed by atoms with Crippen molar-refractivity contribution in [3.8, 4) is 5.69 Å². The number of nitrogens with one attached hydrogen (secondary N) is 1. The summed E-state index contributed by atoms with van der Waals surface area (Å²) in [6, 6.07) is 6.16. The molecule has 0 fully saturated rings. The molecule has 0 saturated heterocycles. The second-order valence-corrected chi connectivity index (χ2v) is 9.01. The topological polar surface area (TPSA) is 64.0 Å². The second-order valence-electron chi connectivity index (χ2n) is 6.98. The summed E-state index contributed by atoms with van der Waals surface area (Å²) < 4.78 is 15.9. The van der Waals surface area contributed by atoms with Gasteiger partial charge in [-0.15, -0.1) is 11.3 Å². The number of thiophene rings is 1. The molecule has 4 rings (SSSR count). The standard InChI is InChI=1S/C20H20FN3O2S2/c1-11-7-8-12-15(9-11)28-18-17(12)19(26)24(14-6-4-3-5-13(14)21)20(23-18)27-10-16(25)22-2/h3-6,11H,7-10H2,1-2H3,(H,22,25)/t11-/m0/s1. The number of carbonyl (C=O) groups excluding carboxylic acids is 1. The highest BCUT2D eigenvalue weighted by atomic mass is 32.2. The Hall–Kier alpha value is -2.19. The zero-order valence-electron chi connectivity index (χ0n) is 15.6. The Morgan fingerprint density at radius 2 is 2.21 bits per heavy atom. The monoisotopic (exact) mass is 417 g/mol. The van der Waals surface area contributed by atoms with Gasteiger partial charge in [-0.05, 0) is 42.9 Å². The molecule has 0 radical (unpaired) electrons. The van der Waals surface area contributed by atoms with Crippen molar-refractivity contribution in [1.29, 1.82) is 0 Å². The van der Waals surface area contributed by atoms with Gasteiger partial charge < -0.3 is 5.32 Å². The molecule has 1 aromatic carbocycles. The Morgan fingerprint density at radius 3 is 2.96 bits per heavy atom. The predicted octanol–water partition coefficient (Wildman–Crippen LogP) is 3.55. The largest absolute Gasteiger partial charge is 0.358 e. The SMILES string of the molecule is CNC(=O)CSc1nc2sc3c(c2c(=O)n1-c1ccccc1F)CC[C@H](C)C3. The number of hydrogen-bond donors (Lipinski definition) is 1. The summed E-state index contributed by atoms with van der Waals surface area (Å²) >= 11 is 2.69. The molecular weight excluding hydrogens is 397 g/mol. The van der Waals surface area contributed by atoms with Crippen LogP contribution in [0.5, 0.6) is 0 Å². The summed E-state index contributed by atoms with van der Waals surface area (Å²) in [6.07, 6.45) is 2.82. The van der Waals surface area contributed by atoms with E-state index >= 15 is 0 Å². The van der Waals surface area contributed by atoms with Crippen LogP contribution < -0.4 is 10.9 Å². The van der Waals surface area contributed by atoms with E-state index in [4.69, 9.17) is 0 Å². The van der Waals surface area contributed by atoms with Crippen LogP contribution in [0.15, 0.2) is 34.2 Å². The maximum atomic E-state index is 14.5. The highest BCUT2D eigenvalue weighted by molar-refractivity contribution is 7.99. The summed E-state index contributed by atoms with van der Waals surface area (Å²) in [6.45, 7) is 2.21. The molecule has 0 unspecified atom stereocenters. The molecule has 0 saturated carbocycles. The normalized spacial score (nSPS) is 16.2. The van der Waals surface area contributed by atoms with Gasteiger partial charge in [0, 0.05) is 11.9 Å². The number of benzene rings is 1. The number of halogens is 1. The quantitative estimate of drug-likeness (QED) is 0.521. The fourth-order valence-electron chi connectivity index (χ4n) is 3.52. The zero-order valence-corrected chi connectivity index (χ0v) is 17.3. The first-order valence-corrected chi connectivity index (χ1v) is 11.0. The van der Waals surface area contributed by atoms with Crippen LogP contribution in [-0.2, 0) is 17.6 Å². The molecule has 0 aliphatic heterocycles. The number of para-hydroxylation sites is 1. The number of rotatable bonds is 4. The molecule has 2 heterocycles. The fraction of sp³-hybridized carbons (Fsp3) is 0.350. The molecule has 2 aromatic heterocycles. The molecule has 1 amide bonds. The van der Waals surface area contributed by atoms with Crippen molar-refractivity contribution >= 4 is 39.2 Å². The lowest BCUT2D eigenvalue weighted by molar-refractivity contribution is -0.118. The van der Waals surface area contributed by atoms with Crippen molar-refractivity contribution < 1.29 is 9.18 Å². The van der Waals surface area contributed by atoms with Gasteiger partial charge in [0.1, 0.15) is 10.6 Å². The molecular formula is C20H20FN3O2S2. The van der Waals surface area contributed by atoms with Crippen molar-refractivity contribution in [1.82, 2.24) is 14.9 Å². The van der Waals surface area contributed by atoms with Gasteiger partial charge in [-0.2, -0.15) is 0 Å². The van der Waals surface area contributed by atoms with Crippen LogP contribution in [0.3, 0.4) is 0 Å². The lowest BCUT2D eigenvalue weighted by Crippen LogP contribution is -2.25. The number of amides is 1. The van der Waals surface area contributed by atoms with Crippen molar-refractivity contribution in [3.05, 3.63) is 50.9 Å². The summed E-state index contributed by atoms with van der Waals surface area (Å²) in [7, 11) is 1.55. The van der Waals surface area contributed by atoms with Gasteiger partial charge >= 0.3 is 0 Å². The number of aryl methyl sites for hydroxylation is 1. The maximum absolute atomic E-state index is 14.5. The number of aromatic nitrogens is 2. The number of hydrogen-bond acceptors (Lipinski definition) is 5. The van der Waals surface area contributed by atoms with Gasteiger partial charge in [-0.25, -0.2) is 9.37 Å². The third-order valence-corrected chi connectivity index (χ3v) is 7.09. The molecule has 1 N–H and O–H groups in total. The van der Waals surface area contributed by atoms with E-state index in [1.165, 1.54) is 15.5 Å². The Kier molecular flexibility index (Phi) is 5.25. The van der Waals surface area contributed by atoms with Crippen LogP contribution in [0, 0.1) is 11.7 Å². The molecule has 1 aliphatic rings. The van der Waals surface area contributed by atoms with Gasteiger partial charge in [0.05, 0.1) is 16.8 Å². The molecule has 146 valence electrons. The molecule has 3 aromatic rings.